The first-order valence-electron chi connectivity index (χ1n) is 8.86. The van der Waals surface area contributed by atoms with Gasteiger partial charge < -0.3 is 15.4 Å². The monoisotopic (exact) mass is 341 g/mol. The number of nitrogens with one attached hydrogen (secondary N) is 2. The van der Waals surface area contributed by atoms with Crippen LogP contribution in [0.5, 0.6) is 5.75 Å². The molecule has 0 fully saturated rings. The molecule has 1 aromatic carbocycles. The Hall–Kier alpha value is -2.41. The van der Waals surface area contributed by atoms with Gasteiger partial charge in [-0.15, -0.1) is 0 Å². The minimum Gasteiger partial charge on any atom is -0.492 e. The molecule has 2 N–H and O–H groups in total. The van der Waals surface area contributed by atoms with E-state index in [1.165, 1.54) is 0 Å². The Labute approximate surface area is 146 Å². The van der Waals surface area contributed by atoms with Gasteiger partial charge in [0.05, 0.1) is 6.54 Å². The van der Waals surface area contributed by atoms with Gasteiger partial charge in [-0.05, 0) is 43.5 Å². The number of aromatic nitrogens is 3. The molecule has 3 heterocycles. The van der Waals surface area contributed by atoms with Gasteiger partial charge in [0.2, 0.25) is 5.91 Å². The quantitative estimate of drug-likeness (QED) is 0.805. The lowest BCUT2D eigenvalue weighted by Crippen LogP contribution is -2.39. The Balaban J connectivity index is 1.24. The molecule has 0 saturated carbocycles. The third kappa shape index (κ3) is 3.66. The van der Waals surface area contributed by atoms with Crippen LogP contribution in [-0.4, -0.2) is 39.9 Å². The standard InChI is InChI=1S/C18H23N5O2/c1-12-20-17-6-3-14(11-23(17)22-12)19-8-9-25-15-4-5-16-13(10-15)2-7-18(24)21-16/h4-5,10,14,19H,2-3,6-9,11H2,1H3,(H,21,24). The van der Waals surface area contributed by atoms with Crippen molar-refractivity contribution in [3.63, 3.8) is 0 Å². The zero-order valence-electron chi connectivity index (χ0n) is 14.4. The Bertz CT molecular complexity index is 786. The number of carbonyl (C=O) groups excluding carboxylic acids is 1. The summed E-state index contributed by atoms with van der Waals surface area (Å²) in [7, 11) is 0. The van der Waals surface area contributed by atoms with Gasteiger partial charge in [-0.25, -0.2) is 9.67 Å². The summed E-state index contributed by atoms with van der Waals surface area (Å²) < 4.78 is 7.86. The molecule has 1 amide bonds. The predicted molar refractivity (Wildman–Crippen MR) is 93.8 cm³/mol. The molecule has 2 aromatic rings. The van der Waals surface area contributed by atoms with Crippen molar-refractivity contribution in [2.45, 2.75) is 45.2 Å². The SMILES string of the molecule is Cc1nc2n(n1)CC(NCCOc1ccc3c(c1)CCC(=O)N3)CC2. The zero-order chi connectivity index (χ0) is 17.2. The number of hydrogen-bond donors (Lipinski definition) is 2. The molecule has 7 heteroatoms. The summed E-state index contributed by atoms with van der Waals surface area (Å²) in [4.78, 5) is 15.8. The maximum absolute atomic E-state index is 11.4. The fourth-order valence-corrected chi connectivity index (χ4v) is 3.48. The van der Waals surface area contributed by atoms with Gasteiger partial charge in [-0.2, -0.15) is 5.10 Å². The summed E-state index contributed by atoms with van der Waals surface area (Å²) in [6.07, 6.45) is 3.37. The second-order valence-corrected chi connectivity index (χ2v) is 6.66. The molecule has 1 unspecified atom stereocenters. The second-order valence-electron chi connectivity index (χ2n) is 6.66. The third-order valence-corrected chi connectivity index (χ3v) is 4.74. The van der Waals surface area contributed by atoms with Crippen LogP contribution in [0.3, 0.4) is 0 Å². The van der Waals surface area contributed by atoms with Gasteiger partial charge >= 0.3 is 0 Å². The van der Waals surface area contributed by atoms with Crippen molar-refractivity contribution in [2.24, 2.45) is 0 Å². The van der Waals surface area contributed by atoms with Gasteiger partial charge in [0.1, 0.15) is 24.0 Å². The van der Waals surface area contributed by atoms with Crippen LogP contribution in [0.15, 0.2) is 18.2 Å². The van der Waals surface area contributed by atoms with E-state index in [1.807, 2.05) is 29.8 Å². The molecule has 0 saturated heterocycles. The number of carbonyl (C=O) groups is 1. The molecule has 2 aliphatic heterocycles. The highest BCUT2D eigenvalue weighted by molar-refractivity contribution is 5.93. The van der Waals surface area contributed by atoms with Crippen LogP contribution in [-0.2, 0) is 24.2 Å². The number of rotatable bonds is 5. The lowest BCUT2D eigenvalue weighted by atomic mass is 10.0. The fraction of sp³-hybridized carbons (Fsp3) is 0.500. The average molecular weight is 341 g/mol. The minimum absolute atomic E-state index is 0.0867. The Kier molecular flexibility index (Phi) is 4.40. The number of anilines is 1. The molecule has 1 atom stereocenters. The van der Waals surface area contributed by atoms with E-state index in [0.29, 0.717) is 19.1 Å². The van der Waals surface area contributed by atoms with Crippen molar-refractivity contribution in [3.05, 3.63) is 35.4 Å². The first-order valence-corrected chi connectivity index (χ1v) is 8.86. The summed E-state index contributed by atoms with van der Waals surface area (Å²) in [6, 6.07) is 6.27. The highest BCUT2D eigenvalue weighted by atomic mass is 16.5. The van der Waals surface area contributed by atoms with Gasteiger partial charge in [0.25, 0.3) is 0 Å². The van der Waals surface area contributed by atoms with E-state index in [-0.39, 0.29) is 5.91 Å². The van der Waals surface area contributed by atoms with Crippen LogP contribution in [0.4, 0.5) is 5.69 Å². The van der Waals surface area contributed by atoms with Crippen molar-refractivity contribution < 1.29 is 9.53 Å². The van der Waals surface area contributed by atoms with E-state index in [0.717, 1.165) is 61.0 Å². The van der Waals surface area contributed by atoms with Crippen molar-refractivity contribution >= 4 is 11.6 Å². The summed E-state index contributed by atoms with van der Waals surface area (Å²) in [5, 5.41) is 10.9. The molecule has 0 bridgehead atoms. The lowest BCUT2D eigenvalue weighted by Gasteiger charge is -2.23. The van der Waals surface area contributed by atoms with Crippen LogP contribution in [0.25, 0.3) is 0 Å². The number of aryl methyl sites for hydroxylation is 3. The molecule has 7 nitrogen and oxygen atoms in total. The van der Waals surface area contributed by atoms with Gasteiger partial charge in [0, 0.05) is 31.1 Å². The van der Waals surface area contributed by atoms with Crippen LogP contribution in [0.2, 0.25) is 0 Å². The third-order valence-electron chi connectivity index (χ3n) is 4.74. The smallest absolute Gasteiger partial charge is 0.224 e. The summed E-state index contributed by atoms with van der Waals surface area (Å²) in [5.41, 5.74) is 2.05. The molecular formula is C18H23N5O2. The van der Waals surface area contributed by atoms with Crippen LogP contribution >= 0.6 is 0 Å². The van der Waals surface area contributed by atoms with Crippen LogP contribution in [0.1, 0.15) is 30.1 Å². The first kappa shape index (κ1) is 16.1. The lowest BCUT2D eigenvalue weighted by molar-refractivity contribution is -0.116. The van der Waals surface area contributed by atoms with Crippen molar-refractivity contribution in [1.82, 2.24) is 20.1 Å². The molecule has 0 aliphatic carbocycles. The fourth-order valence-electron chi connectivity index (χ4n) is 3.48. The minimum atomic E-state index is 0.0867. The number of amides is 1. The first-order chi connectivity index (χ1) is 12.2. The predicted octanol–water partition coefficient (Wildman–Crippen LogP) is 1.45. The molecule has 2 aliphatic rings. The topological polar surface area (TPSA) is 81.1 Å². The molecule has 4 rings (SSSR count). The number of hydrogen-bond acceptors (Lipinski definition) is 5. The van der Waals surface area contributed by atoms with Crippen LogP contribution < -0.4 is 15.4 Å². The van der Waals surface area contributed by atoms with E-state index >= 15 is 0 Å². The molecule has 0 radical (unpaired) electrons. The normalized spacial score (nSPS) is 19.1. The van der Waals surface area contributed by atoms with E-state index in [4.69, 9.17) is 4.74 Å². The largest absolute Gasteiger partial charge is 0.492 e. The van der Waals surface area contributed by atoms with E-state index in [1.54, 1.807) is 0 Å². The van der Waals surface area contributed by atoms with Crippen molar-refractivity contribution in [1.29, 1.82) is 0 Å². The van der Waals surface area contributed by atoms with Gasteiger partial charge in [0.15, 0.2) is 0 Å². The summed E-state index contributed by atoms with van der Waals surface area (Å²) >= 11 is 0. The zero-order valence-corrected chi connectivity index (χ0v) is 14.4. The molecule has 1 aromatic heterocycles. The number of ether oxygens (including phenoxy) is 1. The van der Waals surface area contributed by atoms with E-state index in [2.05, 4.69) is 20.7 Å². The molecule has 0 spiro atoms. The number of nitrogens with zero attached hydrogens (tertiary/aromatic N) is 3. The van der Waals surface area contributed by atoms with Crippen molar-refractivity contribution in [2.75, 3.05) is 18.5 Å². The second kappa shape index (κ2) is 6.84. The highest BCUT2D eigenvalue weighted by Crippen LogP contribution is 2.26. The molecule has 132 valence electrons. The Morgan fingerprint density at radius 1 is 1.36 bits per heavy atom. The molecular weight excluding hydrogens is 318 g/mol. The van der Waals surface area contributed by atoms with Gasteiger partial charge in [-0.3, -0.25) is 4.79 Å². The van der Waals surface area contributed by atoms with Crippen LogP contribution in [0, 0.1) is 6.92 Å². The van der Waals surface area contributed by atoms with E-state index in [9.17, 15) is 4.79 Å². The number of benzene rings is 1. The summed E-state index contributed by atoms with van der Waals surface area (Å²) in [6.45, 7) is 4.21. The van der Waals surface area contributed by atoms with Gasteiger partial charge in [-0.1, -0.05) is 0 Å². The number of fused-ring (bicyclic) bond motifs is 2. The summed E-state index contributed by atoms with van der Waals surface area (Å²) in [5.74, 6) is 2.88. The molecule has 25 heavy (non-hydrogen) atoms. The van der Waals surface area contributed by atoms with Crippen molar-refractivity contribution in [3.8, 4) is 5.75 Å². The average Bonchev–Trinajstić information content (AvgIpc) is 2.98. The Morgan fingerprint density at radius 2 is 2.28 bits per heavy atom. The Morgan fingerprint density at radius 3 is 3.20 bits per heavy atom. The highest BCUT2D eigenvalue weighted by Gasteiger charge is 2.20. The maximum Gasteiger partial charge on any atom is 0.224 e. The maximum atomic E-state index is 11.4. The van der Waals surface area contributed by atoms with E-state index < -0.39 is 0 Å².